The van der Waals surface area contributed by atoms with E-state index in [1.54, 1.807) is 48.5 Å². The van der Waals surface area contributed by atoms with Crippen LogP contribution in [0.1, 0.15) is 48.0 Å². The molecule has 0 radical (unpaired) electrons. The van der Waals surface area contributed by atoms with Gasteiger partial charge >= 0.3 is 0 Å². The summed E-state index contributed by atoms with van der Waals surface area (Å²) in [5.74, 6) is 0.204. The highest BCUT2D eigenvalue weighted by molar-refractivity contribution is 6.30. The van der Waals surface area contributed by atoms with Gasteiger partial charge in [-0.2, -0.15) is 0 Å². The Hall–Kier alpha value is -3.27. The number of rotatable bonds is 2. The van der Waals surface area contributed by atoms with Gasteiger partial charge in [-0.25, -0.2) is 0 Å². The molecule has 0 saturated carbocycles. The summed E-state index contributed by atoms with van der Waals surface area (Å²) in [6.45, 7) is 1.84. The highest BCUT2D eigenvalue weighted by Crippen LogP contribution is 2.37. The Morgan fingerprint density at radius 1 is 0.792 bits per heavy atom. The summed E-state index contributed by atoms with van der Waals surface area (Å²) in [7, 11) is 0. The Kier molecular flexibility index (Phi) is 3.06. The molecule has 1 aliphatic rings. The fourth-order valence-electron chi connectivity index (χ4n) is 3.16. The first-order valence-corrected chi connectivity index (χ1v) is 7.49. The lowest BCUT2D eigenvalue weighted by Gasteiger charge is -2.20. The van der Waals surface area contributed by atoms with E-state index in [-0.39, 0.29) is 17.3 Å². The first-order chi connectivity index (χ1) is 11.6. The maximum Gasteiger partial charge on any atom is 0.195 e. The van der Waals surface area contributed by atoms with Crippen LogP contribution in [0.5, 0.6) is 0 Å². The van der Waals surface area contributed by atoms with Crippen molar-refractivity contribution in [2.45, 2.75) is 6.92 Å². The lowest BCUT2D eigenvalue weighted by molar-refractivity contribution is 0.0979. The first kappa shape index (κ1) is 14.3. The van der Waals surface area contributed by atoms with Gasteiger partial charge in [0, 0.05) is 27.8 Å². The second kappa shape index (κ2) is 5.13. The molecule has 0 N–H and O–H groups in total. The minimum absolute atomic E-state index is 0.177. The van der Waals surface area contributed by atoms with Crippen molar-refractivity contribution in [2.24, 2.45) is 0 Å². The number of hydrogen-bond donors (Lipinski definition) is 0. The topological polar surface area (TPSA) is 64.3 Å². The summed E-state index contributed by atoms with van der Waals surface area (Å²) in [6, 6.07) is 13.5. The van der Waals surface area contributed by atoms with E-state index in [9.17, 15) is 14.4 Å². The number of ketones is 2. The molecule has 4 nitrogen and oxygen atoms in total. The molecule has 1 heterocycles. The van der Waals surface area contributed by atoms with Gasteiger partial charge in [0.1, 0.15) is 5.76 Å². The quantitative estimate of drug-likeness (QED) is 0.527. The van der Waals surface area contributed by atoms with Crippen LogP contribution in [0.4, 0.5) is 0 Å². The zero-order chi connectivity index (χ0) is 16.8. The summed E-state index contributed by atoms with van der Waals surface area (Å²) < 4.78 is 5.51. The van der Waals surface area contributed by atoms with E-state index in [4.69, 9.17) is 4.42 Å². The minimum atomic E-state index is -0.206. The van der Waals surface area contributed by atoms with Gasteiger partial charge in [0.2, 0.25) is 0 Å². The van der Waals surface area contributed by atoms with E-state index in [2.05, 4.69) is 0 Å². The third-order valence-corrected chi connectivity index (χ3v) is 4.29. The Bertz CT molecular complexity index is 1020. The molecule has 0 saturated heterocycles. The summed E-state index contributed by atoms with van der Waals surface area (Å²) >= 11 is 0. The van der Waals surface area contributed by atoms with Gasteiger partial charge in [-0.15, -0.1) is 0 Å². The number of hydrogen-bond acceptors (Lipinski definition) is 4. The Labute approximate surface area is 137 Å². The number of aldehydes is 1. The molecule has 1 aromatic heterocycles. The van der Waals surface area contributed by atoms with E-state index in [1.807, 2.05) is 6.92 Å². The van der Waals surface area contributed by atoms with E-state index in [0.717, 1.165) is 5.56 Å². The van der Waals surface area contributed by atoms with Crippen molar-refractivity contribution in [1.29, 1.82) is 0 Å². The molecule has 116 valence electrons. The number of fused-ring (bicyclic) bond motifs is 2. The van der Waals surface area contributed by atoms with Gasteiger partial charge in [-0.1, -0.05) is 30.3 Å². The number of carbonyl (C=O) groups is 3. The zero-order valence-electron chi connectivity index (χ0n) is 12.8. The molecule has 4 heteroatoms. The minimum Gasteiger partial charge on any atom is -0.453 e. The van der Waals surface area contributed by atoms with Crippen molar-refractivity contribution in [3.63, 3.8) is 0 Å². The van der Waals surface area contributed by atoms with E-state index in [0.29, 0.717) is 39.9 Å². The van der Waals surface area contributed by atoms with Crippen molar-refractivity contribution in [3.8, 4) is 11.3 Å². The second-order valence-corrected chi connectivity index (χ2v) is 5.70. The number of furan rings is 1. The van der Waals surface area contributed by atoms with E-state index >= 15 is 0 Å². The summed E-state index contributed by atoms with van der Waals surface area (Å²) in [6.07, 6.45) is 0.608. The number of aryl methyl sites for hydroxylation is 1. The van der Waals surface area contributed by atoms with Crippen LogP contribution in [0.15, 0.2) is 52.9 Å². The molecule has 1 aliphatic carbocycles. The highest BCUT2D eigenvalue weighted by atomic mass is 16.3. The first-order valence-electron chi connectivity index (χ1n) is 7.49. The van der Waals surface area contributed by atoms with Gasteiger partial charge in [-0.3, -0.25) is 14.4 Å². The maximum absolute atomic E-state index is 13.0. The van der Waals surface area contributed by atoms with Crippen LogP contribution in [0.3, 0.4) is 0 Å². The highest BCUT2D eigenvalue weighted by Gasteiger charge is 2.33. The van der Waals surface area contributed by atoms with Gasteiger partial charge in [0.05, 0.1) is 0 Å². The lowest BCUT2D eigenvalue weighted by atomic mass is 9.80. The molecule has 4 rings (SSSR count). The molecule has 3 aromatic rings. The molecule has 0 aliphatic heterocycles. The summed E-state index contributed by atoms with van der Waals surface area (Å²) in [5, 5.41) is 0. The van der Waals surface area contributed by atoms with Gasteiger partial charge in [0.15, 0.2) is 23.6 Å². The van der Waals surface area contributed by atoms with Crippen LogP contribution < -0.4 is 0 Å². The molecular weight excluding hydrogens is 304 g/mol. The van der Waals surface area contributed by atoms with Crippen LogP contribution >= 0.6 is 0 Å². The maximum atomic E-state index is 13.0. The van der Waals surface area contributed by atoms with E-state index in [1.165, 1.54) is 0 Å². The van der Waals surface area contributed by atoms with Crippen LogP contribution in [0.25, 0.3) is 11.3 Å². The third kappa shape index (κ3) is 1.90. The van der Waals surface area contributed by atoms with Gasteiger partial charge < -0.3 is 4.42 Å². The molecule has 0 unspecified atom stereocenters. The average molecular weight is 316 g/mol. The predicted molar refractivity (Wildman–Crippen MR) is 87.6 cm³/mol. The molecule has 0 fully saturated rings. The van der Waals surface area contributed by atoms with Crippen molar-refractivity contribution in [1.82, 2.24) is 0 Å². The van der Waals surface area contributed by atoms with Crippen LogP contribution in [-0.2, 0) is 0 Å². The molecule has 0 amide bonds. The van der Waals surface area contributed by atoms with Gasteiger partial charge in [-0.05, 0) is 30.7 Å². The molecule has 2 aromatic carbocycles. The molecular formula is C20H12O4. The summed E-state index contributed by atoms with van der Waals surface area (Å²) in [4.78, 5) is 36.7. The Morgan fingerprint density at radius 3 is 2.17 bits per heavy atom. The largest absolute Gasteiger partial charge is 0.453 e. The van der Waals surface area contributed by atoms with Crippen molar-refractivity contribution >= 4 is 17.9 Å². The third-order valence-electron chi connectivity index (χ3n) is 4.29. The smallest absolute Gasteiger partial charge is 0.195 e. The monoisotopic (exact) mass is 316 g/mol. The molecule has 0 spiro atoms. The van der Waals surface area contributed by atoms with Crippen molar-refractivity contribution in [2.75, 3.05) is 0 Å². The molecule has 0 atom stereocenters. The fraction of sp³-hybridized carbons (Fsp3) is 0.0500. The molecule has 24 heavy (non-hydrogen) atoms. The standard InChI is InChI=1S/C20H12O4/c1-11-6-8-15-18(17(11)16-9-7-12(10-21)24-16)20(23)14-5-3-2-4-13(14)19(15)22/h2-10H,1H3. The number of carbonyl (C=O) groups excluding carboxylic acids is 3. The van der Waals surface area contributed by atoms with Crippen molar-refractivity contribution < 1.29 is 18.8 Å². The Morgan fingerprint density at radius 2 is 1.50 bits per heavy atom. The fourth-order valence-corrected chi connectivity index (χ4v) is 3.16. The normalized spacial score (nSPS) is 12.7. The van der Waals surface area contributed by atoms with Crippen LogP contribution in [0.2, 0.25) is 0 Å². The zero-order valence-corrected chi connectivity index (χ0v) is 12.8. The number of benzene rings is 2. The van der Waals surface area contributed by atoms with Gasteiger partial charge in [0.25, 0.3) is 0 Å². The van der Waals surface area contributed by atoms with Crippen LogP contribution in [0, 0.1) is 6.92 Å². The predicted octanol–water partition coefficient (Wildman–Crippen LogP) is 3.84. The summed E-state index contributed by atoms with van der Waals surface area (Å²) in [5.41, 5.74) is 2.88. The lowest BCUT2D eigenvalue weighted by Crippen LogP contribution is -2.22. The van der Waals surface area contributed by atoms with Crippen molar-refractivity contribution in [3.05, 3.63) is 82.1 Å². The SMILES string of the molecule is Cc1ccc2c(c1-c1ccc(C=O)o1)C(=O)c1ccccc1C2=O. The average Bonchev–Trinajstić information content (AvgIpc) is 3.08. The molecule has 0 bridgehead atoms. The second-order valence-electron chi connectivity index (χ2n) is 5.70. The Balaban J connectivity index is 2.03. The van der Waals surface area contributed by atoms with Crippen LogP contribution in [-0.4, -0.2) is 17.9 Å². The van der Waals surface area contributed by atoms with E-state index < -0.39 is 0 Å².